The first-order valence-corrected chi connectivity index (χ1v) is 10.6. The Labute approximate surface area is 154 Å². The molecule has 0 saturated carbocycles. The van der Waals surface area contributed by atoms with Crippen LogP contribution in [0, 0.1) is 5.41 Å². The number of sulfonamides is 1. The molecule has 2 aliphatic rings. The van der Waals surface area contributed by atoms with Crippen molar-refractivity contribution < 1.29 is 22.7 Å². The molecule has 0 aromatic heterocycles. The van der Waals surface area contributed by atoms with E-state index in [-0.39, 0.29) is 31.1 Å². The van der Waals surface area contributed by atoms with Gasteiger partial charge >= 0.3 is 0 Å². The zero-order valence-electron chi connectivity index (χ0n) is 15.2. The van der Waals surface area contributed by atoms with Gasteiger partial charge < -0.3 is 14.8 Å². The Hall–Kier alpha value is -1.48. The van der Waals surface area contributed by atoms with E-state index in [1.165, 1.54) is 10.6 Å². The highest BCUT2D eigenvalue weighted by atomic mass is 32.2. The van der Waals surface area contributed by atoms with Crippen molar-refractivity contribution in [1.82, 2.24) is 9.62 Å². The summed E-state index contributed by atoms with van der Waals surface area (Å²) in [6.45, 7) is 1.43. The summed E-state index contributed by atoms with van der Waals surface area (Å²) in [5.74, 6) is -0.116. The van der Waals surface area contributed by atoms with Crippen LogP contribution in [0.25, 0.3) is 0 Å². The molecule has 0 spiro atoms. The van der Waals surface area contributed by atoms with Crippen LogP contribution in [0.3, 0.4) is 0 Å². The number of ether oxygens (including phenoxy) is 2. The number of carbonyl (C=O) groups excluding carboxylic acids is 1. The molecule has 0 radical (unpaired) electrons. The van der Waals surface area contributed by atoms with Gasteiger partial charge in [-0.05, 0) is 18.4 Å². The van der Waals surface area contributed by atoms with E-state index >= 15 is 0 Å². The van der Waals surface area contributed by atoms with Gasteiger partial charge in [-0.3, -0.25) is 4.79 Å². The minimum atomic E-state index is -3.30. The van der Waals surface area contributed by atoms with E-state index in [0.29, 0.717) is 26.1 Å². The van der Waals surface area contributed by atoms with Crippen molar-refractivity contribution in [3.05, 3.63) is 35.9 Å². The zero-order valence-corrected chi connectivity index (χ0v) is 16.0. The van der Waals surface area contributed by atoms with Crippen LogP contribution in [0.4, 0.5) is 0 Å². The lowest BCUT2D eigenvalue weighted by molar-refractivity contribution is -0.141. The molecule has 7 nitrogen and oxygen atoms in total. The van der Waals surface area contributed by atoms with Gasteiger partial charge in [0.15, 0.2) is 0 Å². The molecule has 0 bridgehead atoms. The van der Waals surface area contributed by atoms with Gasteiger partial charge in [-0.15, -0.1) is 0 Å². The second-order valence-electron chi connectivity index (χ2n) is 7.19. The van der Waals surface area contributed by atoms with Crippen molar-refractivity contribution in [2.75, 3.05) is 39.7 Å². The predicted octanol–water partition coefficient (Wildman–Crippen LogP) is 0.411. The van der Waals surface area contributed by atoms with Crippen LogP contribution in [0.15, 0.2) is 30.3 Å². The van der Waals surface area contributed by atoms with E-state index in [9.17, 15) is 13.2 Å². The van der Waals surface area contributed by atoms with E-state index in [4.69, 9.17) is 9.47 Å². The highest BCUT2D eigenvalue weighted by molar-refractivity contribution is 7.88. The molecule has 8 heteroatoms. The van der Waals surface area contributed by atoms with Gasteiger partial charge in [0.1, 0.15) is 6.10 Å². The van der Waals surface area contributed by atoms with Crippen LogP contribution in [-0.2, 0) is 30.7 Å². The predicted molar refractivity (Wildman–Crippen MR) is 97.2 cm³/mol. The Bertz CT molecular complexity index is 731. The van der Waals surface area contributed by atoms with Crippen molar-refractivity contribution in [2.45, 2.75) is 25.0 Å². The Morgan fingerprint density at radius 1 is 1.35 bits per heavy atom. The van der Waals surface area contributed by atoms with Gasteiger partial charge in [-0.1, -0.05) is 30.3 Å². The number of amides is 1. The van der Waals surface area contributed by atoms with Crippen LogP contribution in [-0.4, -0.2) is 70.4 Å². The highest BCUT2D eigenvalue weighted by Crippen LogP contribution is 2.36. The number of methoxy groups -OCH3 is 1. The Kier molecular flexibility index (Phi) is 5.67. The molecule has 0 aliphatic carbocycles. The summed E-state index contributed by atoms with van der Waals surface area (Å²) in [6.07, 6.45) is 2.18. The molecule has 1 N–H and O–H groups in total. The lowest BCUT2D eigenvalue weighted by atomic mass is 9.75. The summed E-state index contributed by atoms with van der Waals surface area (Å²) in [7, 11) is -1.70. The minimum Gasteiger partial charge on any atom is -0.379 e. The molecule has 1 amide bonds. The first kappa shape index (κ1) is 19.3. The van der Waals surface area contributed by atoms with E-state index in [1.54, 1.807) is 7.11 Å². The molecule has 1 aromatic rings. The fourth-order valence-corrected chi connectivity index (χ4v) is 4.58. The van der Waals surface area contributed by atoms with E-state index in [2.05, 4.69) is 5.32 Å². The summed E-state index contributed by atoms with van der Waals surface area (Å²) in [5.41, 5.74) is 0.271. The fraction of sp³-hybridized carbons (Fsp3) is 0.611. The largest absolute Gasteiger partial charge is 0.379 e. The maximum Gasteiger partial charge on any atom is 0.229 e. The second-order valence-corrected chi connectivity index (χ2v) is 9.17. The molecule has 0 unspecified atom stereocenters. The Balaban J connectivity index is 1.76. The molecule has 2 fully saturated rings. The van der Waals surface area contributed by atoms with E-state index in [1.807, 2.05) is 30.3 Å². The minimum absolute atomic E-state index is 0.116. The first-order chi connectivity index (χ1) is 12.3. The lowest BCUT2D eigenvalue weighted by Crippen LogP contribution is -2.67. The maximum atomic E-state index is 13.1. The number of hydrogen-bond acceptors (Lipinski definition) is 5. The maximum absolute atomic E-state index is 13.1. The van der Waals surface area contributed by atoms with Crippen molar-refractivity contribution in [1.29, 1.82) is 0 Å². The molecular weight excluding hydrogens is 356 g/mol. The molecule has 26 heavy (non-hydrogen) atoms. The van der Waals surface area contributed by atoms with Gasteiger partial charge in [0, 0.05) is 26.8 Å². The topological polar surface area (TPSA) is 84.9 Å². The van der Waals surface area contributed by atoms with E-state index < -0.39 is 15.4 Å². The number of nitrogens with zero attached hydrogens (tertiary/aromatic N) is 1. The molecule has 144 valence electrons. The van der Waals surface area contributed by atoms with Crippen LogP contribution < -0.4 is 5.32 Å². The number of nitrogens with one attached hydrogen (secondary N) is 1. The van der Waals surface area contributed by atoms with E-state index in [0.717, 1.165) is 5.56 Å². The zero-order chi connectivity index (χ0) is 18.8. The van der Waals surface area contributed by atoms with Gasteiger partial charge in [0.25, 0.3) is 0 Å². The summed E-state index contributed by atoms with van der Waals surface area (Å²) in [4.78, 5) is 13.1. The first-order valence-electron chi connectivity index (χ1n) is 8.75. The number of rotatable bonds is 6. The Morgan fingerprint density at radius 2 is 2.04 bits per heavy atom. The summed E-state index contributed by atoms with van der Waals surface area (Å²) in [6, 6.07) is 9.57. The van der Waals surface area contributed by atoms with Crippen LogP contribution in [0.1, 0.15) is 12.0 Å². The number of hydrogen-bond donors (Lipinski definition) is 1. The third-order valence-electron chi connectivity index (χ3n) is 5.22. The monoisotopic (exact) mass is 382 g/mol. The van der Waals surface area contributed by atoms with Crippen LogP contribution in [0.5, 0.6) is 0 Å². The fourth-order valence-electron chi connectivity index (χ4n) is 3.62. The van der Waals surface area contributed by atoms with Gasteiger partial charge in [-0.25, -0.2) is 8.42 Å². The normalized spacial score (nSPS) is 26.1. The molecule has 3 rings (SSSR count). The summed E-state index contributed by atoms with van der Waals surface area (Å²) in [5, 5.41) is 3.09. The molecule has 2 saturated heterocycles. The number of benzene rings is 1. The average molecular weight is 382 g/mol. The summed E-state index contributed by atoms with van der Waals surface area (Å²) < 4.78 is 35.8. The van der Waals surface area contributed by atoms with Gasteiger partial charge in [0.05, 0.1) is 24.3 Å². The van der Waals surface area contributed by atoms with Crippen molar-refractivity contribution in [2.24, 2.45) is 5.41 Å². The molecule has 2 heterocycles. The second kappa shape index (κ2) is 7.64. The summed E-state index contributed by atoms with van der Waals surface area (Å²) >= 11 is 0. The van der Waals surface area contributed by atoms with Gasteiger partial charge in [0.2, 0.25) is 15.9 Å². The molecular formula is C18H26N2O5S. The molecule has 1 aromatic carbocycles. The third kappa shape index (κ3) is 4.09. The van der Waals surface area contributed by atoms with Crippen LogP contribution in [0.2, 0.25) is 0 Å². The average Bonchev–Trinajstić information content (AvgIpc) is 2.58. The highest BCUT2D eigenvalue weighted by Gasteiger charge is 2.52. The Morgan fingerprint density at radius 3 is 2.65 bits per heavy atom. The lowest BCUT2D eigenvalue weighted by Gasteiger charge is -2.48. The van der Waals surface area contributed by atoms with Gasteiger partial charge in [-0.2, -0.15) is 4.31 Å². The van der Waals surface area contributed by atoms with Crippen LogP contribution >= 0.6 is 0 Å². The molecule has 2 atom stereocenters. The van der Waals surface area contributed by atoms with Crippen molar-refractivity contribution in [3.63, 3.8) is 0 Å². The van der Waals surface area contributed by atoms with Crippen molar-refractivity contribution >= 4 is 15.9 Å². The third-order valence-corrected chi connectivity index (χ3v) is 6.41. The number of carbonyl (C=O) groups is 1. The smallest absolute Gasteiger partial charge is 0.229 e. The quantitative estimate of drug-likeness (QED) is 0.770. The van der Waals surface area contributed by atoms with Crippen molar-refractivity contribution in [3.8, 4) is 0 Å². The SMILES string of the molecule is CO[C@H]1COCC[C@@H]1NC(=O)C1(Cc2ccccc2)CN(S(C)(=O)=O)C1. The standard InChI is InChI=1S/C18H26N2O5S/c1-24-16-11-25-9-8-15(16)19-17(21)18(10-14-6-4-3-5-7-14)12-20(13-18)26(2,22)23/h3-7,15-16H,8-13H2,1-2H3,(H,19,21)/t15-,16-/m0/s1. The molecule has 2 aliphatic heterocycles.